The molecule has 1 aromatic carbocycles. The summed E-state index contributed by atoms with van der Waals surface area (Å²) in [5.74, 6) is 1.14. The Morgan fingerprint density at radius 1 is 1.12 bits per heavy atom. The quantitative estimate of drug-likeness (QED) is 0.779. The molecule has 1 aromatic rings. The first-order valence-corrected chi connectivity index (χ1v) is 6.40. The maximum atomic E-state index is 12.9. The normalized spacial score (nSPS) is 36.8. The molecule has 1 aliphatic carbocycles. The molecule has 1 aliphatic heterocycles. The molecule has 1 saturated carbocycles. The monoisotopic (exact) mass is 235 g/mol. The molecule has 2 fully saturated rings. The van der Waals surface area contributed by atoms with E-state index < -0.39 is 0 Å². The minimum Gasteiger partial charge on any atom is -0.392 e. The van der Waals surface area contributed by atoms with Crippen molar-refractivity contribution in [2.75, 3.05) is 13.1 Å². The van der Waals surface area contributed by atoms with Crippen molar-refractivity contribution in [2.24, 2.45) is 11.8 Å². The summed E-state index contributed by atoms with van der Waals surface area (Å²) in [7, 11) is 0. The molecule has 3 heteroatoms. The third-order valence-corrected chi connectivity index (χ3v) is 4.36. The first kappa shape index (κ1) is 11.2. The van der Waals surface area contributed by atoms with Gasteiger partial charge in [0, 0.05) is 5.92 Å². The number of hydrogen-bond acceptors (Lipinski definition) is 2. The van der Waals surface area contributed by atoms with Crippen molar-refractivity contribution >= 4 is 0 Å². The number of fused-ring (bicyclic) bond motifs is 1. The largest absolute Gasteiger partial charge is 0.392 e. The van der Waals surface area contributed by atoms with Gasteiger partial charge in [0.15, 0.2) is 0 Å². The molecule has 1 saturated heterocycles. The maximum absolute atomic E-state index is 12.9. The van der Waals surface area contributed by atoms with Gasteiger partial charge in [-0.15, -0.1) is 0 Å². The van der Waals surface area contributed by atoms with Gasteiger partial charge in [0.05, 0.1) is 6.10 Å². The van der Waals surface area contributed by atoms with Crippen molar-refractivity contribution in [3.8, 4) is 0 Å². The second-order valence-corrected chi connectivity index (χ2v) is 5.30. The first-order chi connectivity index (χ1) is 8.25. The fourth-order valence-electron chi connectivity index (χ4n) is 3.49. The van der Waals surface area contributed by atoms with Crippen LogP contribution in [0.25, 0.3) is 0 Å². The fraction of sp³-hybridized carbons (Fsp3) is 0.571. The highest BCUT2D eigenvalue weighted by Crippen LogP contribution is 2.43. The van der Waals surface area contributed by atoms with E-state index in [2.05, 4.69) is 5.32 Å². The van der Waals surface area contributed by atoms with E-state index in [0.717, 1.165) is 31.5 Å². The molecule has 0 spiro atoms. The van der Waals surface area contributed by atoms with Crippen molar-refractivity contribution in [1.29, 1.82) is 0 Å². The van der Waals surface area contributed by atoms with Crippen LogP contribution in [0.1, 0.15) is 24.3 Å². The van der Waals surface area contributed by atoms with Crippen LogP contribution in [0.4, 0.5) is 4.39 Å². The molecule has 0 bridgehead atoms. The number of hydrogen-bond donors (Lipinski definition) is 2. The van der Waals surface area contributed by atoms with Crippen molar-refractivity contribution in [3.63, 3.8) is 0 Å². The van der Waals surface area contributed by atoms with Crippen LogP contribution in [-0.2, 0) is 0 Å². The van der Waals surface area contributed by atoms with Crippen molar-refractivity contribution in [1.82, 2.24) is 5.32 Å². The van der Waals surface area contributed by atoms with E-state index in [1.165, 1.54) is 12.1 Å². The highest BCUT2D eigenvalue weighted by atomic mass is 19.1. The predicted molar refractivity (Wildman–Crippen MR) is 64.2 cm³/mol. The Balaban J connectivity index is 1.90. The number of benzene rings is 1. The van der Waals surface area contributed by atoms with Crippen molar-refractivity contribution < 1.29 is 9.50 Å². The number of rotatable bonds is 1. The predicted octanol–water partition coefficient (Wildman–Crippen LogP) is 1.90. The zero-order chi connectivity index (χ0) is 11.8. The topological polar surface area (TPSA) is 32.3 Å². The van der Waals surface area contributed by atoms with Gasteiger partial charge in [-0.1, -0.05) is 12.1 Å². The average molecular weight is 235 g/mol. The minimum absolute atomic E-state index is 0.171. The van der Waals surface area contributed by atoms with E-state index in [0.29, 0.717) is 11.8 Å². The van der Waals surface area contributed by atoms with Gasteiger partial charge < -0.3 is 10.4 Å². The van der Waals surface area contributed by atoms with E-state index in [1.54, 1.807) is 0 Å². The summed E-state index contributed by atoms with van der Waals surface area (Å²) < 4.78 is 12.9. The maximum Gasteiger partial charge on any atom is 0.123 e. The van der Waals surface area contributed by atoms with E-state index in [-0.39, 0.29) is 17.8 Å². The summed E-state index contributed by atoms with van der Waals surface area (Å²) in [5.41, 5.74) is 1.08. The van der Waals surface area contributed by atoms with Crippen LogP contribution < -0.4 is 5.32 Å². The van der Waals surface area contributed by atoms with E-state index in [1.807, 2.05) is 12.1 Å². The lowest BCUT2D eigenvalue weighted by Crippen LogP contribution is -2.35. The van der Waals surface area contributed by atoms with Gasteiger partial charge in [-0.05, 0) is 55.5 Å². The van der Waals surface area contributed by atoms with Crippen LogP contribution in [0.15, 0.2) is 24.3 Å². The van der Waals surface area contributed by atoms with Crippen molar-refractivity contribution in [2.45, 2.75) is 24.9 Å². The van der Waals surface area contributed by atoms with Crippen LogP contribution in [0.5, 0.6) is 0 Å². The van der Waals surface area contributed by atoms with Crippen LogP contribution in [0, 0.1) is 17.7 Å². The summed E-state index contributed by atoms with van der Waals surface area (Å²) in [5, 5.41) is 13.6. The van der Waals surface area contributed by atoms with E-state index in [4.69, 9.17) is 0 Å². The highest BCUT2D eigenvalue weighted by molar-refractivity contribution is 5.24. The van der Waals surface area contributed by atoms with Crippen LogP contribution in [-0.4, -0.2) is 24.3 Å². The fourth-order valence-corrected chi connectivity index (χ4v) is 3.49. The molecule has 92 valence electrons. The molecule has 0 radical (unpaired) electrons. The van der Waals surface area contributed by atoms with E-state index in [9.17, 15) is 9.50 Å². The molecule has 2 nitrogen and oxygen atoms in total. The third kappa shape index (κ3) is 1.98. The van der Waals surface area contributed by atoms with E-state index >= 15 is 0 Å². The summed E-state index contributed by atoms with van der Waals surface area (Å²) >= 11 is 0. The number of halogens is 1. The second kappa shape index (κ2) is 4.39. The van der Waals surface area contributed by atoms with Gasteiger partial charge in [-0.3, -0.25) is 0 Å². The lowest BCUT2D eigenvalue weighted by Gasteiger charge is -2.37. The molecule has 0 aromatic heterocycles. The summed E-state index contributed by atoms with van der Waals surface area (Å²) in [6.07, 6.45) is 1.70. The number of aliphatic hydroxyl groups excluding tert-OH is 1. The van der Waals surface area contributed by atoms with Gasteiger partial charge in [0.25, 0.3) is 0 Å². The van der Waals surface area contributed by atoms with Gasteiger partial charge in [0.1, 0.15) is 5.82 Å². The average Bonchev–Trinajstić information content (AvgIpc) is 2.79. The van der Waals surface area contributed by atoms with Gasteiger partial charge in [-0.2, -0.15) is 0 Å². The number of nitrogens with one attached hydrogen (secondary N) is 1. The Bertz CT molecular complexity index is 392. The molecule has 4 atom stereocenters. The SMILES string of the molecule is O[C@@H]1CC[C@@H]2CNCC2C1c1ccc(F)cc1. The molecular formula is C14H18FNO. The standard InChI is InChI=1S/C14H18FNO/c15-11-4-1-9(2-5-11)14-12-8-16-7-10(12)3-6-13(14)17/h1-2,4-5,10,12-14,16-17H,3,6-8H2/t10-,12?,13-,14?/m1/s1. The molecule has 2 unspecified atom stereocenters. The number of aliphatic hydroxyl groups is 1. The summed E-state index contributed by atoms with van der Waals surface area (Å²) in [4.78, 5) is 0. The molecule has 1 heterocycles. The Hall–Kier alpha value is -0.930. The molecular weight excluding hydrogens is 217 g/mol. The molecule has 2 N–H and O–H groups in total. The highest BCUT2D eigenvalue weighted by Gasteiger charge is 2.41. The minimum atomic E-state index is -0.276. The lowest BCUT2D eigenvalue weighted by atomic mass is 9.69. The Kier molecular flexibility index (Phi) is 2.89. The van der Waals surface area contributed by atoms with Gasteiger partial charge >= 0.3 is 0 Å². The third-order valence-electron chi connectivity index (χ3n) is 4.36. The Morgan fingerprint density at radius 2 is 1.88 bits per heavy atom. The summed E-state index contributed by atoms with van der Waals surface area (Å²) in [6.45, 7) is 2.04. The van der Waals surface area contributed by atoms with Crippen LogP contribution in [0.2, 0.25) is 0 Å². The second-order valence-electron chi connectivity index (χ2n) is 5.30. The van der Waals surface area contributed by atoms with Gasteiger partial charge in [0.2, 0.25) is 0 Å². The van der Waals surface area contributed by atoms with Gasteiger partial charge in [-0.25, -0.2) is 4.39 Å². The molecule has 17 heavy (non-hydrogen) atoms. The lowest BCUT2D eigenvalue weighted by molar-refractivity contribution is 0.0593. The Labute approximate surface area is 101 Å². The zero-order valence-electron chi connectivity index (χ0n) is 9.77. The Morgan fingerprint density at radius 3 is 2.65 bits per heavy atom. The smallest absolute Gasteiger partial charge is 0.123 e. The molecule has 3 rings (SSSR count). The van der Waals surface area contributed by atoms with Crippen LogP contribution >= 0.6 is 0 Å². The van der Waals surface area contributed by atoms with Crippen molar-refractivity contribution in [3.05, 3.63) is 35.6 Å². The van der Waals surface area contributed by atoms with Crippen LogP contribution in [0.3, 0.4) is 0 Å². The zero-order valence-corrected chi connectivity index (χ0v) is 9.77. The molecule has 0 amide bonds. The first-order valence-electron chi connectivity index (χ1n) is 6.40. The molecule has 2 aliphatic rings. The summed E-state index contributed by atoms with van der Waals surface area (Å²) in [6, 6.07) is 6.63.